The first-order valence-electron chi connectivity index (χ1n) is 6.66. The molecule has 0 bridgehead atoms. The average Bonchev–Trinajstić information content (AvgIpc) is 2.53. The molecule has 0 N–H and O–H groups in total. The van der Waals surface area contributed by atoms with Crippen molar-refractivity contribution in [2.24, 2.45) is 0 Å². The predicted octanol–water partition coefficient (Wildman–Crippen LogP) is 1.80. The molecule has 0 saturated heterocycles. The number of pyridine rings is 1. The molecular formula is C15H11ClN4O3. The molecular weight excluding hydrogens is 320 g/mol. The van der Waals surface area contributed by atoms with Gasteiger partial charge in [-0.3, -0.25) is 14.2 Å². The van der Waals surface area contributed by atoms with Crippen LogP contribution in [0, 0.1) is 6.92 Å². The Bertz CT molecular complexity index is 955. The van der Waals surface area contributed by atoms with Gasteiger partial charge in [0.2, 0.25) is 0 Å². The fourth-order valence-corrected chi connectivity index (χ4v) is 2.13. The second kappa shape index (κ2) is 6.13. The molecule has 0 atom stereocenters. The molecule has 0 radical (unpaired) electrons. The third-order valence-electron chi connectivity index (χ3n) is 3.03. The maximum absolute atomic E-state index is 12.1. The van der Waals surface area contributed by atoms with Gasteiger partial charge in [0.1, 0.15) is 17.4 Å². The first-order chi connectivity index (χ1) is 11.0. The monoisotopic (exact) mass is 330 g/mol. The molecule has 3 heterocycles. The highest BCUT2D eigenvalue weighted by molar-refractivity contribution is 6.29. The smallest absolute Gasteiger partial charge is 0.358 e. The second-order valence-corrected chi connectivity index (χ2v) is 5.21. The molecule has 0 aliphatic rings. The minimum Gasteiger partial charge on any atom is -0.454 e. The third-order valence-corrected chi connectivity index (χ3v) is 3.21. The summed E-state index contributed by atoms with van der Waals surface area (Å²) in [6, 6.07) is 4.90. The van der Waals surface area contributed by atoms with Crippen LogP contribution in [0.5, 0.6) is 0 Å². The highest BCUT2D eigenvalue weighted by atomic mass is 35.5. The molecule has 0 unspecified atom stereocenters. The molecule has 0 aliphatic heterocycles. The Morgan fingerprint density at radius 1 is 1.30 bits per heavy atom. The van der Waals surface area contributed by atoms with Crippen LogP contribution in [0.4, 0.5) is 0 Å². The van der Waals surface area contributed by atoms with E-state index in [0.717, 1.165) is 5.56 Å². The van der Waals surface area contributed by atoms with E-state index in [0.29, 0.717) is 11.3 Å². The molecule has 0 fully saturated rings. The molecule has 0 saturated carbocycles. The Balaban J connectivity index is 1.81. The number of halogens is 1. The normalized spacial score (nSPS) is 10.7. The maximum atomic E-state index is 12.1. The van der Waals surface area contributed by atoms with Crippen LogP contribution in [0.1, 0.15) is 21.7 Å². The van der Waals surface area contributed by atoms with Gasteiger partial charge in [-0.25, -0.2) is 14.8 Å². The summed E-state index contributed by atoms with van der Waals surface area (Å²) in [7, 11) is 0. The lowest BCUT2D eigenvalue weighted by atomic mass is 10.3. The number of fused-ring (bicyclic) bond motifs is 1. The summed E-state index contributed by atoms with van der Waals surface area (Å²) in [5.41, 5.74) is 1.52. The van der Waals surface area contributed by atoms with Crippen LogP contribution in [0.2, 0.25) is 5.15 Å². The van der Waals surface area contributed by atoms with Crippen molar-refractivity contribution in [1.82, 2.24) is 19.4 Å². The van der Waals surface area contributed by atoms with E-state index in [9.17, 15) is 9.59 Å². The molecule has 8 heteroatoms. The molecule has 0 aliphatic carbocycles. The average molecular weight is 331 g/mol. The van der Waals surface area contributed by atoms with Gasteiger partial charge in [-0.1, -0.05) is 17.7 Å². The van der Waals surface area contributed by atoms with E-state index in [1.54, 1.807) is 12.3 Å². The van der Waals surface area contributed by atoms with Crippen LogP contribution >= 0.6 is 11.6 Å². The van der Waals surface area contributed by atoms with Gasteiger partial charge in [0.15, 0.2) is 5.69 Å². The molecule has 3 rings (SSSR count). The molecule has 23 heavy (non-hydrogen) atoms. The number of esters is 1. The quantitative estimate of drug-likeness (QED) is 0.681. The first kappa shape index (κ1) is 15.1. The van der Waals surface area contributed by atoms with Gasteiger partial charge in [-0.2, -0.15) is 0 Å². The zero-order valence-electron chi connectivity index (χ0n) is 12.1. The van der Waals surface area contributed by atoms with Crippen molar-refractivity contribution >= 4 is 23.2 Å². The zero-order chi connectivity index (χ0) is 16.4. The Morgan fingerprint density at radius 3 is 2.91 bits per heavy atom. The molecule has 0 spiro atoms. The Labute approximate surface area is 135 Å². The SMILES string of the molecule is Cc1ccc2nc(COC(=O)c3cncc(Cl)n3)cc(=O)n2c1. The van der Waals surface area contributed by atoms with Gasteiger partial charge in [0, 0.05) is 12.3 Å². The standard InChI is InChI=1S/C15H11ClN4O3/c1-9-2-3-13-18-10(4-14(21)20(13)7-9)8-23-15(22)11-5-17-6-12(16)19-11/h2-7H,8H2,1H3. The van der Waals surface area contributed by atoms with E-state index < -0.39 is 5.97 Å². The summed E-state index contributed by atoms with van der Waals surface area (Å²) in [5.74, 6) is -0.689. The maximum Gasteiger partial charge on any atom is 0.358 e. The summed E-state index contributed by atoms with van der Waals surface area (Å²) >= 11 is 5.67. The molecule has 3 aromatic rings. The summed E-state index contributed by atoms with van der Waals surface area (Å²) in [6.07, 6.45) is 4.26. The number of carbonyl (C=O) groups excluding carboxylic acids is 1. The molecule has 116 valence electrons. The zero-order valence-corrected chi connectivity index (χ0v) is 12.8. The van der Waals surface area contributed by atoms with Gasteiger partial charge in [0.05, 0.1) is 18.1 Å². The number of nitrogens with zero attached hydrogens (tertiary/aromatic N) is 4. The number of hydrogen-bond acceptors (Lipinski definition) is 6. The van der Waals surface area contributed by atoms with Gasteiger partial charge >= 0.3 is 5.97 Å². The number of hydrogen-bond donors (Lipinski definition) is 0. The number of ether oxygens (including phenoxy) is 1. The first-order valence-corrected chi connectivity index (χ1v) is 7.04. The minimum atomic E-state index is -0.689. The van der Waals surface area contributed by atoms with Crippen LogP contribution in [0.3, 0.4) is 0 Å². The fourth-order valence-electron chi connectivity index (χ4n) is 1.99. The summed E-state index contributed by atoms with van der Waals surface area (Å²) in [5, 5.41) is 0.0943. The van der Waals surface area contributed by atoms with E-state index >= 15 is 0 Å². The van der Waals surface area contributed by atoms with Crippen LogP contribution < -0.4 is 5.56 Å². The van der Waals surface area contributed by atoms with Crippen molar-refractivity contribution in [1.29, 1.82) is 0 Å². The van der Waals surface area contributed by atoms with Crippen LogP contribution in [-0.2, 0) is 11.3 Å². The molecule has 0 aromatic carbocycles. The van der Waals surface area contributed by atoms with Gasteiger partial charge in [0.25, 0.3) is 5.56 Å². The number of aromatic nitrogens is 4. The lowest BCUT2D eigenvalue weighted by Gasteiger charge is -2.06. The fraction of sp³-hybridized carbons (Fsp3) is 0.133. The number of carbonyl (C=O) groups is 1. The summed E-state index contributed by atoms with van der Waals surface area (Å²) in [4.78, 5) is 35.8. The Kier molecular flexibility index (Phi) is 4.03. The topological polar surface area (TPSA) is 86.4 Å². The number of aryl methyl sites for hydroxylation is 1. The highest BCUT2D eigenvalue weighted by Gasteiger charge is 2.11. The molecule has 0 amide bonds. The van der Waals surface area contributed by atoms with Crippen LogP contribution in [0.25, 0.3) is 5.65 Å². The van der Waals surface area contributed by atoms with Gasteiger partial charge < -0.3 is 4.74 Å². The van der Waals surface area contributed by atoms with E-state index in [4.69, 9.17) is 16.3 Å². The largest absolute Gasteiger partial charge is 0.454 e. The van der Waals surface area contributed by atoms with E-state index in [1.807, 2.05) is 13.0 Å². The van der Waals surface area contributed by atoms with Crippen molar-refractivity contribution in [2.45, 2.75) is 13.5 Å². The van der Waals surface area contributed by atoms with Gasteiger partial charge in [-0.15, -0.1) is 0 Å². The summed E-state index contributed by atoms with van der Waals surface area (Å²) in [6.45, 7) is 1.74. The molecule has 3 aromatic heterocycles. The van der Waals surface area contributed by atoms with Crippen LogP contribution in [-0.4, -0.2) is 25.3 Å². The minimum absolute atomic E-state index is 0.00867. The van der Waals surface area contributed by atoms with Crippen molar-refractivity contribution in [2.75, 3.05) is 0 Å². The van der Waals surface area contributed by atoms with Crippen molar-refractivity contribution < 1.29 is 9.53 Å². The number of rotatable bonds is 3. The Morgan fingerprint density at radius 2 is 2.13 bits per heavy atom. The third kappa shape index (κ3) is 3.35. The molecule has 7 nitrogen and oxygen atoms in total. The highest BCUT2D eigenvalue weighted by Crippen LogP contribution is 2.07. The summed E-state index contributed by atoms with van der Waals surface area (Å²) < 4.78 is 6.52. The van der Waals surface area contributed by atoms with E-state index in [-0.39, 0.29) is 23.0 Å². The lowest BCUT2D eigenvalue weighted by molar-refractivity contribution is 0.0460. The predicted molar refractivity (Wildman–Crippen MR) is 82.4 cm³/mol. The van der Waals surface area contributed by atoms with E-state index in [2.05, 4.69) is 15.0 Å². The van der Waals surface area contributed by atoms with Crippen molar-refractivity contribution in [3.05, 3.63) is 69.2 Å². The van der Waals surface area contributed by atoms with Crippen LogP contribution in [0.15, 0.2) is 41.6 Å². The lowest BCUT2D eigenvalue weighted by Crippen LogP contribution is -2.17. The van der Waals surface area contributed by atoms with Crippen molar-refractivity contribution in [3.8, 4) is 0 Å². The van der Waals surface area contributed by atoms with E-state index in [1.165, 1.54) is 22.9 Å². The van der Waals surface area contributed by atoms with Gasteiger partial charge in [-0.05, 0) is 18.6 Å². The van der Waals surface area contributed by atoms with Crippen molar-refractivity contribution in [3.63, 3.8) is 0 Å². The second-order valence-electron chi connectivity index (χ2n) is 4.82. The Hall–Kier alpha value is -2.80.